The summed E-state index contributed by atoms with van der Waals surface area (Å²) in [6.45, 7) is 1.93. The average molecular weight is 195 g/mol. The molecular formula is C9H9NO2S. The molecule has 0 amide bonds. The van der Waals surface area contributed by atoms with E-state index in [1.54, 1.807) is 12.1 Å². The molecule has 0 N–H and O–H groups in total. The van der Waals surface area contributed by atoms with Gasteiger partial charge in [-0.3, -0.25) is 10.1 Å². The van der Waals surface area contributed by atoms with Gasteiger partial charge in [-0.2, -0.15) is 0 Å². The average Bonchev–Trinajstić information content (AvgIpc) is 2.15. The van der Waals surface area contributed by atoms with Crippen molar-refractivity contribution in [2.24, 2.45) is 0 Å². The minimum absolute atomic E-state index is 0.129. The van der Waals surface area contributed by atoms with Crippen LogP contribution in [0.5, 0.6) is 0 Å². The lowest BCUT2D eigenvalue weighted by atomic mass is 10.3. The molecular weight excluding hydrogens is 186 g/mol. The van der Waals surface area contributed by atoms with Crippen molar-refractivity contribution in [2.75, 3.05) is 0 Å². The Morgan fingerprint density at radius 2 is 2.00 bits per heavy atom. The van der Waals surface area contributed by atoms with Crippen LogP contribution in [0.2, 0.25) is 0 Å². The first kappa shape index (κ1) is 9.80. The van der Waals surface area contributed by atoms with E-state index in [1.165, 1.54) is 23.9 Å². The molecule has 3 nitrogen and oxygen atoms in total. The van der Waals surface area contributed by atoms with Gasteiger partial charge in [0.25, 0.3) is 5.69 Å². The van der Waals surface area contributed by atoms with Gasteiger partial charge in [-0.05, 0) is 24.5 Å². The maximum absolute atomic E-state index is 10.3. The van der Waals surface area contributed by atoms with E-state index in [9.17, 15) is 10.1 Å². The quantitative estimate of drug-likeness (QED) is 0.422. The van der Waals surface area contributed by atoms with Crippen molar-refractivity contribution in [3.05, 3.63) is 45.9 Å². The molecule has 0 unspecified atom stereocenters. The van der Waals surface area contributed by atoms with Crippen LogP contribution in [-0.4, -0.2) is 4.92 Å². The molecule has 0 saturated heterocycles. The van der Waals surface area contributed by atoms with Crippen LogP contribution in [0.15, 0.2) is 40.6 Å². The molecule has 0 bridgehead atoms. The predicted molar refractivity (Wildman–Crippen MR) is 53.8 cm³/mol. The van der Waals surface area contributed by atoms with Crippen molar-refractivity contribution >= 4 is 17.4 Å². The SMILES string of the molecule is CC=CSc1ccc([N+](=O)[O-])cc1. The smallest absolute Gasteiger partial charge is 0.258 e. The van der Waals surface area contributed by atoms with Gasteiger partial charge in [0.05, 0.1) is 4.92 Å². The highest BCUT2D eigenvalue weighted by Gasteiger charge is 2.02. The topological polar surface area (TPSA) is 43.1 Å². The summed E-state index contributed by atoms with van der Waals surface area (Å²) in [5.74, 6) is 0. The number of nitro benzene ring substituents is 1. The van der Waals surface area contributed by atoms with Crippen LogP contribution in [0.3, 0.4) is 0 Å². The van der Waals surface area contributed by atoms with Crippen molar-refractivity contribution in [2.45, 2.75) is 11.8 Å². The third-order valence-electron chi connectivity index (χ3n) is 1.39. The van der Waals surface area contributed by atoms with E-state index in [4.69, 9.17) is 0 Å². The molecule has 68 valence electrons. The van der Waals surface area contributed by atoms with Gasteiger partial charge in [0.2, 0.25) is 0 Å². The summed E-state index contributed by atoms with van der Waals surface area (Å²) < 4.78 is 0. The summed E-state index contributed by atoms with van der Waals surface area (Å²) in [6, 6.07) is 6.49. The lowest BCUT2D eigenvalue weighted by molar-refractivity contribution is -0.384. The molecule has 0 saturated carbocycles. The van der Waals surface area contributed by atoms with Crippen molar-refractivity contribution in [1.29, 1.82) is 0 Å². The Labute approximate surface area is 80.6 Å². The van der Waals surface area contributed by atoms with E-state index >= 15 is 0 Å². The standard InChI is InChI=1S/C9H9NO2S/c1-2-7-13-9-5-3-8(4-6-9)10(11)12/h2-7H,1H3. The third kappa shape index (κ3) is 2.91. The summed E-state index contributed by atoms with van der Waals surface area (Å²) in [5.41, 5.74) is 0.129. The number of nitrogens with zero attached hydrogens (tertiary/aromatic N) is 1. The Hall–Kier alpha value is -1.29. The molecule has 0 heterocycles. The molecule has 1 rings (SSSR count). The summed E-state index contributed by atoms with van der Waals surface area (Å²) in [5, 5.41) is 12.2. The molecule has 0 fully saturated rings. The summed E-state index contributed by atoms with van der Waals surface area (Å²) in [7, 11) is 0. The van der Waals surface area contributed by atoms with Gasteiger partial charge in [0.1, 0.15) is 0 Å². The molecule has 0 spiro atoms. The summed E-state index contributed by atoms with van der Waals surface area (Å²) in [6.07, 6.45) is 1.92. The number of hydrogen-bond donors (Lipinski definition) is 0. The monoisotopic (exact) mass is 195 g/mol. The van der Waals surface area contributed by atoms with E-state index in [1.807, 2.05) is 18.4 Å². The highest BCUT2D eigenvalue weighted by molar-refractivity contribution is 8.02. The van der Waals surface area contributed by atoms with Crippen LogP contribution >= 0.6 is 11.8 Å². The summed E-state index contributed by atoms with van der Waals surface area (Å²) in [4.78, 5) is 10.9. The minimum atomic E-state index is -0.399. The van der Waals surface area contributed by atoms with Crippen LogP contribution in [0.4, 0.5) is 5.69 Å². The fourth-order valence-electron chi connectivity index (χ4n) is 0.793. The van der Waals surface area contributed by atoms with Crippen LogP contribution in [-0.2, 0) is 0 Å². The van der Waals surface area contributed by atoms with Gasteiger partial charge in [-0.1, -0.05) is 17.8 Å². The zero-order valence-electron chi connectivity index (χ0n) is 7.14. The second-order valence-corrected chi connectivity index (χ2v) is 3.32. The van der Waals surface area contributed by atoms with Gasteiger partial charge >= 0.3 is 0 Å². The van der Waals surface area contributed by atoms with E-state index in [-0.39, 0.29) is 5.69 Å². The van der Waals surface area contributed by atoms with E-state index in [0.29, 0.717) is 0 Å². The largest absolute Gasteiger partial charge is 0.269 e. The predicted octanol–water partition coefficient (Wildman–Crippen LogP) is 3.22. The molecule has 0 aliphatic rings. The fourth-order valence-corrected chi connectivity index (χ4v) is 1.38. The van der Waals surface area contributed by atoms with E-state index in [0.717, 1.165) is 4.90 Å². The highest BCUT2D eigenvalue weighted by atomic mass is 32.2. The lowest BCUT2D eigenvalue weighted by Gasteiger charge is -1.94. The number of allylic oxidation sites excluding steroid dienone is 1. The van der Waals surface area contributed by atoms with Gasteiger partial charge in [-0.25, -0.2) is 0 Å². The maximum atomic E-state index is 10.3. The Bertz CT molecular complexity index is 319. The van der Waals surface area contributed by atoms with Crippen LogP contribution in [0, 0.1) is 10.1 Å². The molecule has 0 aromatic heterocycles. The van der Waals surface area contributed by atoms with Crippen molar-refractivity contribution < 1.29 is 4.92 Å². The van der Waals surface area contributed by atoms with Gasteiger partial charge in [-0.15, -0.1) is 0 Å². The maximum Gasteiger partial charge on any atom is 0.269 e. The fraction of sp³-hybridized carbons (Fsp3) is 0.111. The molecule has 4 heteroatoms. The summed E-state index contributed by atoms with van der Waals surface area (Å²) >= 11 is 1.54. The Kier molecular flexibility index (Phi) is 3.52. The number of hydrogen-bond acceptors (Lipinski definition) is 3. The van der Waals surface area contributed by atoms with Gasteiger partial charge < -0.3 is 0 Å². The normalized spacial score (nSPS) is 10.5. The van der Waals surface area contributed by atoms with Gasteiger partial charge in [0.15, 0.2) is 0 Å². The Morgan fingerprint density at radius 3 is 2.46 bits per heavy atom. The Balaban J connectivity index is 2.75. The number of non-ortho nitro benzene ring substituents is 1. The third-order valence-corrected chi connectivity index (χ3v) is 2.34. The van der Waals surface area contributed by atoms with Crippen LogP contribution < -0.4 is 0 Å². The van der Waals surface area contributed by atoms with Crippen molar-refractivity contribution in [1.82, 2.24) is 0 Å². The lowest BCUT2D eigenvalue weighted by Crippen LogP contribution is -1.85. The second-order valence-electron chi connectivity index (χ2n) is 2.34. The van der Waals surface area contributed by atoms with Crippen LogP contribution in [0.1, 0.15) is 6.92 Å². The zero-order valence-corrected chi connectivity index (χ0v) is 7.95. The molecule has 0 atom stereocenters. The first-order valence-electron chi connectivity index (χ1n) is 3.76. The number of nitro groups is 1. The van der Waals surface area contributed by atoms with E-state index in [2.05, 4.69) is 0 Å². The first-order chi connectivity index (χ1) is 6.24. The first-order valence-corrected chi connectivity index (χ1v) is 4.64. The van der Waals surface area contributed by atoms with E-state index < -0.39 is 4.92 Å². The Morgan fingerprint density at radius 1 is 1.38 bits per heavy atom. The molecule has 0 aliphatic heterocycles. The minimum Gasteiger partial charge on any atom is -0.258 e. The van der Waals surface area contributed by atoms with Crippen molar-refractivity contribution in [3.8, 4) is 0 Å². The number of thioether (sulfide) groups is 1. The van der Waals surface area contributed by atoms with Gasteiger partial charge in [0, 0.05) is 17.0 Å². The molecule has 1 aromatic carbocycles. The van der Waals surface area contributed by atoms with Crippen LogP contribution in [0.25, 0.3) is 0 Å². The molecule has 0 aliphatic carbocycles. The van der Waals surface area contributed by atoms with Crippen molar-refractivity contribution in [3.63, 3.8) is 0 Å². The number of benzene rings is 1. The molecule has 1 aromatic rings. The molecule has 0 radical (unpaired) electrons. The number of rotatable bonds is 3. The zero-order chi connectivity index (χ0) is 9.68. The second kappa shape index (κ2) is 4.67. The molecule has 13 heavy (non-hydrogen) atoms. The highest BCUT2D eigenvalue weighted by Crippen LogP contribution is 2.21.